The van der Waals surface area contributed by atoms with Gasteiger partial charge in [-0.1, -0.05) is 43.6 Å². The van der Waals surface area contributed by atoms with Gasteiger partial charge in [-0.2, -0.15) is 0 Å². The number of rotatable bonds is 6. The quantitative estimate of drug-likeness (QED) is 0.821. The van der Waals surface area contributed by atoms with E-state index in [-0.39, 0.29) is 0 Å². The maximum atomic E-state index is 12.4. The number of aliphatic hydroxyl groups excluding tert-OH is 1. The molecular formula is C14H20BF3NO2-. The average Bonchev–Trinajstić information content (AvgIpc) is 2.43. The van der Waals surface area contributed by atoms with Crippen molar-refractivity contribution in [1.82, 2.24) is 4.90 Å². The third kappa shape index (κ3) is 5.08. The molecule has 0 aliphatic rings. The van der Waals surface area contributed by atoms with Crippen LogP contribution in [0, 0.1) is 5.92 Å². The lowest BCUT2D eigenvalue weighted by molar-refractivity contribution is -0.137. The smallest absolute Gasteiger partial charge is 0.449 e. The fraction of sp³-hybridized carbons (Fsp3) is 0.500. The highest BCUT2D eigenvalue weighted by Crippen LogP contribution is 2.25. The van der Waals surface area contributed by atoms with E-state index in [0.29, 0.717) is 5.56 Å². The van der Waals surface area contributed by atoms with E-state index in [0.717, 1.165) is 0 Å². The van der Waals surface area contributed by atoms with Crippen LogP contribution in [0.15, 0.2) is 30.3 Å². The molecule has 0 aliphatic heterocycles. The van der Waals surface area contributed by atoms with Crippen LogP contribution in [0.3, 0.4) is 0 Å². The first-order chi connectivity index (χ1) is 9.63. The first kappa shape index (κ1) is 17.6. The molecule has 0 aromatic heterocycles. The van der Waals surface area contributed by atoms with Gasteiger partial charge in [0.15, 0.2) is 0 Å². The summed E-state index contributed by atoms with van der Waals surface area (Å²) in [5, 5.41) is 10.2. The van der Waals surface area contributed by atoms with Crippen molar-refractivity contribution in [2.75, 3.05) is 7.05 Å². The van der Waals surface area contributed by atoms with E-state index in [1.54, 1.807) is 37.3 Å². The minimum absolute atomic E-state index is 0.608. The van der Waals surface area contributed by atoms with Gasteiger partial charge in [-0.3, -0.25) is 4.79 Å². The Morgan fingerprint density at radius 1 is 1.24 bits per heavy atom. The van der Waals surface area contributed by atoms with Crippen LogP contribution in [0.25, 0.3) is 0 Å². The first-order valence-electron chi connectivity index (χ1n) is 6.84. The van der Waals surface area contributed by atoms with Crippen LogP contribution in [-0.4, -0.2) is 36.0 Å². The molecule has 21 heavy (non-hydrogen) atoms. The summed E-state index contributed by atoms with van der Waals surface area (Å²) < 4.78 is 37.2. The summed E-state index contributed by atoms with van der Waals surface area (Å²) in [5.74, 6) is -1.75. The molecule has 0 aliphatic carbocycles. The third-order valence-corrected chi connectivity index (χ3v) is 3.60. The zero-order valence-corrected chi connectivity index (χ0v) is 12.3. The number of hydrogen-bond donors (Lipinski definition) is 1. The van der Waals surface area contributed by atoms with Gasteiger partial charge in [-0.15, -0.1) is 0 Å². The van der Waals surface area contributed by atoms with Crippen LogP contribution in [0.4, 0.5) is 12.9 Å². The third-order valence-electron chi connectivity index (χ3n) is 3.60. The summed E-state index contributed by atoms with van der Waals surface area (Å²) >= 11 is 0. The number of amides is 1. The molecule has 118 valence electrons. The molecule has 7 heteroatoms. The molecule has 0 bridgehead atoms. The van der Waals surface area contributed by atoms with E-state index in [1.807, 2.05) is 0 Å². The first-order valence-corrected chi connectivity index (χ1v) is 6.84. The van der Waals surface area contributed by atoms with Crippen molar-refractivity contribution in [3.63, 3.8) is 0 Å². The number of nitrogens with zero attached hydrogens (tertiary/aromatic N) is 1. The van der Waals surface area contributed by atoms with E-state index < -0.39 is 37.3 Å². The molecule has 0 heterocycles. The number of likely N-dealkylation sites (N-methyl/N-ethyl adjacent to an activating group) is 1. The number of aliphatic hydroxyl groups is 1. The second kappa shape index (κ2) is 6.98. The van der Waals surface area contributed by atoms with Crippen LogP contribution in [-0.2, 0) is 4.79 Å². The van der Waals surface area contributed by atoms with Crippen LogP contribution in [0.5, 0.6) is 0 Å². The Hall–Kier alpha value is -1.50. The van der Waals surface area contributed by atoms with E-state index in [2.05, 4.69) is 0 Å². The largest absolute Gasteiger partial charge is 0.479 e. The molecule has 0 fully saturated rings. The fourth-order valence-corrected chi connectivity index (χ4v) is 2.19. The standard InChI is InChI=1S/C14H20BF3NO2/c1-10(9-15(16,17)18)14(21)19(3)11(2)13(20)12-7-5-4-6-8-12/h4-8,10-11,13,20H,9H2,1-3H3/q-1/t10-,11+,13-/m0/s1. The highest BCUT2D eigenvalue weighted by Gasteiger charge is 2.32. The molecule has 0 unspecified atom stereocenters. The van der Waals surface area contributed by atoms with Crippen molar-refractivity contribution in [2.45, 2.75) is 32.3 Å². The number of halogens is 3. The summed E-state index contributed by atoms with van der Waals surface area (Å²) in [7, 11) is 1.42. The Morgan fingerprint density at radius 3 is 2.24 bits per heavy atom. The van der Waals surface area contributed by atoms with Gasteiger partial charge in [0.2, 0.25) is 5.91 Å². The summed E-state index contributed by atoms with van der Waals surface area (Å²) in [5.41, 5.74) is 0.623. The Balaban J connectivity index is 2.73. The highest BCUT2D eigenvalue weighted by molar-refractivity contribution is 6.58. The van der Waals surface area contributed by atoms with Gasteiger partial charge in [0.25, 0.3) is 0 Å². The SMILES string of the molecule is C[C@H]([C@H](O)c1ccccc1)N(C)C(=O)[C@@H](C)C[B-](F)(F)F. The predicted molar refractivity (Wildman–Crippen MR) is 76.7 cm³/mol. The van der Waals surface area contributed by atoms with E-state index in [9.17, 15) is 22.8 Å². The lowest BCUT2D eigenvalue weighted by Gasteiger charge is -2.32. The molecule has 1 aromatic carbocycles. The van der Waals surface area contributed by atoms with Crippen LogP contribution >= 0.6 is 0 Å². The lowest BCUT2D eigenvalue weighted by atomic mass is 9.78. The van der Waals surface area contributed by atoms with Gasteiger partial charge in [-0.05, 0) is 12.5 Å². The maximum Gasteiger partial charge on any atom is 0.479 e. The molecule has 0 spiro atoms. The van der Waals surface area contributed by atoms with Crippen molar-refractivity contribution in [2.24, 2.45) is 5.92 Å². The summed E-state index contributed by atoms with van der Waals surface area (Å²) in [6.07, 6.45) is -2.04. The van der Waals surface area contributed by atoms with Crippen molar-refractivity contribution >= 4 is 12.9 Å². The van der Waals surface area contributed by atoms with Gasteiger partial charge < -0.3 is 23.0 Å². The highest BCUT2D eigenvalue weighted by atomic mass is 19.4. The van der Waals surface area contributed by atoms with Crippen molar-refractivity contribution in [3.05, 3.63) is 35.9 Å². The van der Waals surface area contributed by atoms with Crippen LogP contribution < -0.4 is 0 Å². The van der Waals surface area contributed by atoms with Gasteiger partial charge >= 0.3 is 6.98 Å². The minimum atomic E-state index is -5.00. The maximum absolute atomic E-state index is 12.4. The molecule has 3 atom stereocenters. The number of hydrogen-bond acceptors (Lipinski definition) is 2. The molecule has 0 saturated carbocycles. The van der Waals surface area contributed by atoms with Crippen molar-refractivity contribution in [1.29, 1.82) is 0 Å². The molecular weight excluding hydrogens is 282 g/mol. The second-order valence-corrected chi connectivity index (χ2v) is 5.39. The summed E-state index contributed by atoms with van der Waals surface area (Å²) in [6.45, 7) is -2.13. The van der Waals surface area contributed by atoms with E-state index in [4.69, 9.17) is 0 Å². The molecule has 1 amide bonds. The normalized spacial score (nSPS) is 16.1. The fourth-order valence-electron chi connectivity index (χ4n) is 2.19. The van der Waals surface area contributed by atoms with Gasteiger partial charge in [0.05, 0.1) is 12.1 Å². The van der Waals surface area contributed by atoms with Crippen LogP contribution in [0.1, 0.15) is 25.5 Å². The molecule has 1 aromatic rings. The van der Waals surface area contributed by atoms with E-state index in [1.165, 1.54) is 18.9 Å². The van der Waals surface area contributed by atoms with E-state index >= 15 is 0 Å². The molecule has 0 radical (unpaired) electrons. The van der Waals surface area contributed by atoms with Gasteiger partial charge in [-0.25, -0.2) is 0 Å². The zero-order chi connectivity index (χ0) is 16.2. The Bertz CT molecular complexity index is 467. The number of carbonyl (C=O) groups excluding carboxylic acids is 1. The van der Waals surface area contributed by atoms with Gasteiger partial charge in [0, 0.05) is 13.0 Å². The Labute approximate surface area is 122 Å². The summed E-state index contributed by atoms with van der Waals surface area (Å²) in [6, 6.07) is 8.11. The average molecular weight is 302 g/mol. The van der Waals surface area contributed by atoms with Crippen LogP contribution in [0.2, 0.25) is 6.32 Å². The molecule has 0 saturated heterocycles. The summed E-state index contributed by atoms with van der Waals surface area (Å²) in [4.78, 5) is 13.2. The van der Waals surface area contributed by atoms with Crippen molar-refractivity contribution < 1.29 is 22.8 Å². The predicted octanol–water partition coefficient (Wildman–Crippen LogP) is 3.05. The molecule has 1 N–H and O–H groups in total. The van der Waals surface area contributed by atoms with Crippen molar-refractivity contribution in [3.8, 4) is 0 Å². The minimum Gasteiger partial charge on any atom is -0.449 e. The number of carbonyl (C=O) groups is 1. The monoisotopic (exact) mass is 302 g/mol. The lowest BCUT2D eigenvalue weighted by Crippen LogP contribution is -2.42. The second-order valence-electron chi connectivity index (χ2n) is 5.39. The molecule has 3 nitrogen and oxygen atoms in total. The Morgan fingerprint density at radius 2 is 1.76 bits per heavy atom. The number of benzene rings is 1. The zero-order valence-electron chi connectivity index (χ0n) is 12.3. The topological polar surface area (TPSA) is 40.5 Å². The Kier molecular flexibility index (Phi) is 5.83. The van der Waals surface area contributed by atoms with Gasteiger partial charge in [0.1, 0.15) is 0 Å². The molecule has 1 rings (SSSR count).